The summed E-state index contributed by atoms with van der Waals surface area (Å²) < 4.78 is 0.841. The van der Waals surface area contributed by atoms with E-state index in [0.717, 1.165) is 0 Å². The first-order valence-electron chi connectivity index (χ1n) is 5.53. The number of para-hydroxylation sites is 1. The van der Waals surface area contributed by atoms with E-state index in [0.29, 0.717) is 16.4 Å². The van der Waals surface area contributed by atoms with Gasteiger partial charge in [0.25, 0.3) is 0 Å². The highest BCUT2D eigenvalue weighted by atomic mass is 79.9. The summed E-state index contributed by atoms with van der Waals surface area (Å²) in [5.74, 6) is -0.170. The molecule has 1 amide bonds. The van der Waals surface area contributed by atoms with Crippen LogP contribution in [0.3, 0.4) is 0 Å². The molecule has 0 unspecified atom stereocenters. The zero-order valence-electron chi connectivity index (χ0n) is 10.4. The van der Waals surface area contributed by atoms with E-state index in [1.807, 2.05) is 0 Å². The van der Waals surface area contributed by atoms with Gasteiger partial charge in [0.05, 0.1) is 15.0 Å². The van der Waals surface area contributed by atoms with E-state index in [4.69, 9.17) is 11.6 Å². The van der Waals surface area contributed by atoms with Crippen molar-refractivity contribution < 1.29 is 4.79 Å². The van der Waals surface area contributed by atoms with Gasteiger partial charge in [-0.15, -0.1) is 0 Å². The predicted molar refractivity (Wildman–Crippen MR) is 78.0 cm³/mol. The van der Waals surface area contributed by atoms with Crippen molar-refractivity contribution in [1.82, 2.24) is 14.8 Å². The fourth-order valence-corrected chi connectivity index (χ4v) is 1.80. The first-order chi connectivity index (χ1) is 8.89. The second-order valence-corrected chi connectivity index (χ2v) is 6.79. The van der Waals surface area contributed by atoms with Crippen molar-refractivity contribution in [1.29, 1.82) is 0 Å². The van der Waals surface area contributed by atoms with Gasteiger partial charge in [-0.05, 0) is 26.0 Å². The number of benzene rings is 1. The average molecular weight is 344 g/mol. The molecule has 1 aromatic carbocycles. The third-order valence-electron chi connectivity index (χ3n) is 2.42. The van der Waals surface area contributed by atoms with Crippen LogP contribution in [0.15, 0.2) is 30.9 Å². The first kappa shape index (κ1) is 14.0. The van der Waals surface area contributed by atoms with Gasteiger partial charge in [-0.3, -0.25) is 4.79 Å². The molecule has 0 aliphatic rings. The zero-order valence-corrected chi connectivity index (χ0v) is 12.7. The van der Waals surface area contributed by atoms with Crippen molar-refractivity contribution >= 4 is 39.1 Å². The smallest absolute Gasteiger partial charge is 0.240 e. The maximum absolute atomic E-state index is 12.0. The van der Waals surface area contributed by atoms with Gasteiger partial charge >= 0.3 is 0 Å². The topological polar surface area (TPSA) is 59.8 Å². The molecule has 0 atom stereocenters. The molecule has 0 bridgehead atoms. The fourth-order valence-electron chi connectivity index (χ4n) is 1.44. The van der Waals surface area contributed by atoms with E-state index in [2.05, 4.69) is 31.3 Å². The molecule has 0 aliphatic heterocycles. The molecule has 1 aromatic heterocycles. The fraction of sp³-hybridized carbons (Fsp3) is 0.250. The van der Waals surface area contributed by atoms with Crippen LogP contribution in [0, 0.1) is 0 Å². The van der Waals surface area contributed by atoms with Crippen molar-refractivity contribution in [3.63, 3.8) is 0 Å². The van der Waals surface area contributed by atoms with Crippen molar-refractivity contribution in [2.45, 2.75) is 18.2 Å². The number of hydrogen-bond acceptors (Lipinski definition) is 3. The van der Waals surface area contributed by atoms with Crippen LogP contribution in [0.25, 0.3) is 5.69 Å². The van der Waals surface area contributed by atoms with Gasteiger partial charge in [-0.25, -0.2) is 9.67 Å². The molecule has 2 rings (SSSR count). The second kappa shape index (κ2) is 5.30. The molecular formula is C12H12BrClN4O. The molecule has 0 saturated carbocycles. The number of aromatic nitrogens is 3. The quantitative estimate of drug-likeness (QED) is 0.871. The largest absolute Gasteiger partial charge is 0.323 e. The van der Waals surface area contributed by atoms with E-state index < -0.39 is 4.32 Å². The van der Waals surface area contributed by atoms with Crippen molar-refractivity contribution in [2.75, 3.05) is 5.32 Å². The minimum absolute atomic E-state index is 0.170. The summed E-state index contributed by atoms with van der Waals surface area (Å²) in [5, 5.41) is 7.34. The van der Waals surface area contributed by atoms with E-state index in [-0.39, 0.29) is 5.91 Å². The Morgan fingerprint density at radius 2 is 2.21 bits per heavy atom. The molecule has 2 aromatic rings. The highest BCUT2D eigenvalue weighted by Gasteiger charge is 2.25. The lowest BCUT2D eigenvalue weighted by Gasteiger charge is -2.18. The standard InChI is InChI=1S/C12H12BrClN4O/c1-12(2,13)11(19)17-9-5-3-4-8(14)10(9)18-7-15-6-16-18/h3-7H,1-2H3,(H,17,19). The summed E-state index contributed by atoms with van der Waals surface area (Å²) in [6, 6.07) is 5.26. The number of anilines is 1. The Balaban J connectivity index is 2.42. The minimum Gasteiger partial charge on any atom is -0.323 e. The van der Waals surface area contributed by atoms with Gasteiger partial charge in [0.1, 0.15) is 18.3 Å². The molecule has 0 spiro atoms. The van der Waals surface area contributed by atoms with Crippen molar-refractivity contribution in [3.8, 4) is 5.69 Å². The van der Waals surface area contributed by atoms with Crippen LogP contribution in [0.2, 0.25) is 5.02 Å². The van der Waals surface area contributed by atoms with Gasteiger partial charge in [-0.2, -0.15) is 5.10 Å². The summed E-state index contributed by atoms with van der Waals surface area (Å²) in [4.78, 5) is 15.9. The monoisotopic (exact) mass is 342 g/mol. The number of nitrogens with one attached hydrogen (secondary N) is 1. The number of carbonyl (C=O) groups excluding carboxylic acids is 1. The maximum atomic E-state index is 12.0. The molecule has 19 heavy (non-hydrogen) atoms. The highest BCUT2D eigenvalue weighted by Crippen LogP contribution is 2.29. The number of halogens is 2. The molecule has 0 aliphatic carbocycles. The lowest BCUT2D eigenvalue weighted by atomic mass is 10.2. The summed E-state index contributed by atoms with van der Waals surface area (Å²) in [7, 11) is 0. The van der Waals surface area contributed by atoms with Crippen LogP contribution in [0.4, 0.5) is 5.69 Å². The molecule has 100 valence electrons. The van der Waals surface area contributed by atoms with E-state index in [1.54, 1.807) is 32.0 Å². The second-order valence-electron chi connectivity index (χ2n) is 4.40. The number of carbonyl (C=O) groups is 1. The molecule has 5 nitrogen and oxygen atoms in total. The molecule has 0 radical (unpaired) electrons. The Kier molecular flexibility index (Phi) is 3.91. The van der Waals surface area contributed by atoms with Crippen LogP contribution in [-0.2, 0) is 4.79 Å². The van der Waals surface area contributed by atoms with Crippen molar-refractivity contribution in [2.24, 2.45) is 0 Å². The Morgan fingerprint density at radius 3 is 2.79 bits per heavy atom. The van der Waals surface area contributed by atoms with E-state index in [9.17, 15) is 4.79 Å². The van der Waals surface area contributed by atoms with Crippen LogP contribution in [-0.4, -0.2) is 25.0 Å². The Labute approximate surface area is 124 Å². The molecular weight excluding hydrogens is 332 g/mol. The summed E-state index contributed by atoms with van der Waals surface area (Å²) in [6.45, 7) is 3.53. The molecule has 1 N–H and O–H groups in total. The van der Waals surface area contributed by atoms with Gasteiger partial charge in [0.2, 0.25) is 5.91 Å². The number of nitrogens with zero attached hydrogens (tertiary/aromatic N) is 3. The minimum atomic E-state index is -0.672. The number of rotatable bonds is 3. The normalized spacial score (nSPS) is 11.4. The molecule has 0 fully saturated rings. The summed E-state index contributed by atoms with van der Waals surface area (Å²) in [5.41, 5.74) is 1.17. The van der Waals surface area contributed by atoms with Crippen molar-refractivity contribution in [3.05, 3.63) is 35.9 Å². The molecule has 1 heterocycles. The van der Waals surface area contributed by atoms with Crippen LogP contribution >= 0.6 is 27.5 Å². The average Bonchev–Trinajstić information content (AvgIpc) is 2.81. The SMILES string of the molecule is CC(C)(Br)C(=O)Nc1cccc(Cl)c1-n1cncn1. The summed E-state index contributed by atoms with van der Waals surface area (Å²) >= 11 is 9.48. The van der Waals surface area contributed by atoms with Gasteiger partial charge in [0, 0.05) is 0 Å². The van der Waals surface area contributed by atoms with E-state index in [1.165, 1.54) is 17.3 Å². The van der Waals surface area contributed by atoms with Crippen LogP contribution < -0.4 is 5.32 Å². The maximum Gasteiger partial charge on any atom is 0.240 e. The number of alkyl halides is 1. The van der Waals surface area contributed by atoms with Crippen LogP contribution in [0.5, 0.6) is 0 Å². The van der Waals surface area contributed by atoms with Gasteiger partial charge in [0.15, 0.2) is 0 Å². The number of amides is 1. The van der Waals surface area contributed by atoms with E-state index >= 15 is 0 Å². The Hall–Kier alpha value is -1.40. The Bertz CT molecular complexity index is 592. The molecule has 7 heteroatoms. The molecule has 0 saturated heterocycles. The Morgan fingerprint density at radius 1 is 1.47 bits per heavy atom. The highest BCUT2D eigenvalue weighted by molar-refractivity contribution is 9.10. The van der Waals surface area contributed by atoms with Gasteiger partial charge in [-0.1, -0.05) is 33.6 Å². The third-order valence-corrected chi connectivity index (χ3v) is 3.09. The summed E-state index contributed by atoms with van der Waals surface area (Å²) in [6.07, 6.45) is 2.93. The van der Waals surface area contributed by atoms with Crippen LogP contribution in [0.1, 0.15) is 13.8 Å². The number of hydrogen-bond donors (Lipinski definition) is 1. The lowest BCUT2D eigenvalue weighted by molar-refractivity contribution is -0.117. The lowest BCUT2D eigenvalue weighted by Crippen LogP contribution is -2.31. The third kappa shape index (κ3) is 3.13. The first-order valence-corrected chi connectivity index (χ1v) is 6.70. The predicted octanol–water partition coefficient (Wildman–Crippen LogP) is 3.03. The van der Waals surface area contributed by atoms with Gasteiger partial charge < -0.3 is 5.32 Å². The zero-order chi connectivity index (χ0) is 14.0.